The number of carbonyl (C=O) groups excluding carboxylic acids is 2. The lowest BCUT2D eigenvalue weighted by atomic mass is 9.86. The number of nitrogens with one attached hydrogen (secondary N) is 1. The van der Waals surface area contributed by atoms with Gasteiger partial charge >= 0.3 is 6.09 Å². The maximum Gasteiger partial charge on any atom is 0.407 e. The highest BCUT2D eigenvalue weighted by Gasteiger charge is 2.27. The van der Waals surface area contributed by atoms with E-state index in [2.05, 4.69) is 5.32 Å². The third-order valence-corrected chi connectivity index (χ3v) is 2.70. The van der Waals surface area contributed by atoms with Gasteiger partial charge in [-0.05, 0) is 33.6 Å². The summed E-state index contributed by atoms with van der Waals surface area (Å²) in [5, 5.41) is 2.78. The molecule has 0 bridgehead atoms. The molecule has 0 aromatic carbocycles. The molecule has 0 aromatic heterocycles. The van der Waals surface area contributed by atoms with Crippen LogP contribution in [-0.4, -0.2) is 24.0 Å². The quantitative estimate of drug-likeness (QED) is 0.736. The van der Waals surface area contributed by atoms with E-state index in [0.29, 0.717) is 0 Å². The Bertz CT molecular complexity index is 257. The van der Waals surface area contributed by atoms with Gasteiger partial charge < -0.3 is 14.8 Å². The normalized spacial score (nSPS) is 25.9. The first-order chi connectivity index (χ1) is 7.42. The molecule has 4 heteroatoms. The van der Waals surface area contributed by atoms with Gasteiger partial charge in [0.2, 0.25) is 0 Å². The molecule has 1 N–H and O–H groups in total. The van der Waals surface area contributed by atoms with E-state index in [9.17, 15) is 9.59 Å². The summed E-state index contributed by atoms with van der Waals surface area (Å²) in [5.41, 5.74) is -0.491. The van der Waals surface area contributed by atoms with Gasteiger partial charge in [-0.3, -0.25) is 0 Å². The first-order valence-electron chi connectivity index (χ1n) is 5.87. The van der Waals surface area contributed by atoms with Gasteiger partial charge in [-0.15, -0.1) is 0 Å². The highest BCUT2D eigenvalue weighted by Crippen LogP contribution is 2.23. The average molecular weight is 227 g/mol. The number of hydrogen-bond donors (Lipinski definition) is 1. The summed E-state index contributed by atoms with van der Waals surface area (Å²) in [6.45, 7) is 5.47. The van der Waals surface area contributed by atoms with E-state index >= 15 is 0 Å². The molecule has 0 aliphatic heterocycles. The Morgan fingerprint density at radius 3 is 2.50 bits per heavy atom. The maximum atomic E-state index is 11.5. The Morgan fingerprint density at radius 2 is 1.94 bits per heavy atom. The van der Waals surface area contributed by atoms with E-state index in [-0.39, 0.29) is 12.0 Å². The molecule has 1 aliphatic rings. The average Bonchev–Trinajstić information content (AvgIpc) is 2.15. The monoisotopic (exact) mass is 227 g/mol. The summed E-state index contributed by atoms with van der Waals surface area (Å²) in [4.78, 5) is 22.4. The van der Waals surface area contributed by atoms with Crippen LogP contribution in [0.1, 0.15) is 46.5 Å². The van der Waals surface area contributed by atoms with E-state index in [1.165, 1.54) is 0 Å². The standard InChI is InChI=1S/C12H21NO3/c1-12(2,3)16-11(15)13-10-7-5-4-6-9(10)8-14/h8-10H,4-7H2,1-3H3,(H,13,15)/t9-,10-/m1/s1. The van der Waals surface area contributed by atoms with Crippen LogP contribution < -0.4 is 5.32 Å². The molecule has 0 spiro atoms. The molecule has 1 fully saturated rings. The third kappa shape index (κ3) is 4.21. The van der Waals surface area contributed by atoms with Crippen molar-refractivity contribution in [1.82, 2.24) is 5.32 Å². The van der Waals surface area contributed by atoms with Crippen molar-refractivity contribution in [3.63, 3.8) is 0 Å². The summed E-state index contributed by atoms with van der Waals surface area (Å²) in [7, 11) is 0. The molecular formula is C12H21NO3. The zero-order valence-corrected chi connectivity index (χ0v) is 10.3. The molecule has 1 saturated carbocycles. The van der Waals surface area contributed by atoms with Gasteiger partial charge in [0.05, 0.1) is 0 Å². The first-order valence-corrected chi connectivity index (χ1v) is 5.87. The number of carbonyl (C=O) groups is 2. The lowest BCUT2D eigenvalue weighted by Crippen LogP contribution is -2.44. The van der Waals surface area contributed by atoms with Gasteiger partial charge in [-0.1, -0.05) is 12.8 Å². The zero-order valence-electron chi connectivity index (χ0n) is 10.3. The Morgan fingerprint density at radius 1 is 1.31 bits per heavy atom. The molecule has 1 aliphatic carbocycles. The van der Waals surface area contributed by atoms with Crippen molar-refractivity contribution < 1.29 is 14.3 Å². The van der Waals surface area contributed by atoms with Gasteiger partial charge in [0, 0.05) is 12.0 Å². The predicted octanol–water partition coefficient (Wildman–Crippen LogP) is 2.27. The summed E-state index contributed by atoms with van der Waals surface area (Å²) in [6, 6.07) is -0.0545. The molecule has 1 rings (SSSR count). The second kappa shape index (κ2) is 5.32. The van der Waals surface area contributed by atoms with Crippen molar-refractivity contribution >= 4 is 12.4 Å². The van der Waals surface area contributed by atoms with Gasteiger partial charge in [-0.2, -0.15) is 0 Å². The Kier molecular flexibility index (Phi) is 4.33. The highest BCUT2D eigenvalue weighted by atomic mass is 16.6. The topological polar surface area (TPSA) is 55.4 Å². The van der Waals surface area contributed by atoms with Crippen molar-refractivity contribution in [2.45, 2.75) is 58.1 Å². The number of hydrogen-bond acceptors (Lipinski definition) is 3. The van der Waals surface area contributed by atoms with Crippen LogP contribution in [0.4, 0.5) is 4.79 Å². The van der Waals surface area contributed by atoms with Crippen molar-refractivity contribution in [3.05, 3.63) is 0 Å². The number of rotatable bonds is 2. The Hall–Kier alpha value is -1.06. The van der Waals surface area contributed by atoms with E-state index in [1.54, 1.807) is 0 Å². The van der Waals surface area contributed by atoms with Crippen LogP contribution in [0.2, 0.25) is 0 Å². The number of aldehydes is 1. The molecule has 0 radical (unpaired) electrons. The SMILES string of the molecule is CC(C)(C)OC(=O)N[C@@H]1CCCC[C@@H]1C=O. The van der Waals surface area contributed by atoms with Gasteiger partial charge in [-0.25, -0.2) is 4.79 Å². The van der Waals surface area contributed by atoms with Crippen LogP contribution in [0.15, 0.2) is 0 Å². The van der Waals surface area contributed by atoms with E-state index < -0.39 is 11.7 Å². The number of ether oxygens (including phenoxy) is 1. The van der Waals surface area contributed by atoms with Crippen LogP contribution in [0.3, 0.4) is 0 Å². The van der Waals surface area contributed by atoms with Crippen LogP contribution in [0.25, 0.3) is 0 Å². The highest BCUT2D eigenvalue weighted by molar-refractivity contribution is 5.69. The zero-order chi connectivity index (χ0) is 12.2. The molecule has 0 unspecified atom stereocenters. The summed E-state index contributed by atoms with van der Waals surface area (Å²) >= 11 is 0. The van der Waals surface area contributed by atoms with E-state index in [1.807, 2.05) is 20.8 Å². The van der Waals surface area contributed by atoms with Crippen LogP contribution in [-0.2, 0) is 9.53 Å². The Balaban J connectivity index is 2.45. The Labute approximate surface area is 96.7 Å². The molecule has 16 heavy (non-hydrogen) atoms. The summed E-state index contributed by atoms with van der Waals surface area (Å²) < 4.78 is 5.17. The second-order valence-electron chi connectivity index (χ2n) is 5.34. The van der Waals surface area contributed by atoms with Crippen molar-refractivity contribution in [2.24, 2.45) is 5.92 Å². The maximum absolute atomic E-state index is 11.5. The minimum absolute atomic E-state index is 0.0544. The molecule has 4 nitrogen and oxygen atoms in total. The van der Waals surface area contributed by atoms with Crippen molar-refractivity contribution in [1.29, 1.82) is 0 Å². The van der Waals surface area contributed by atoms with Crippen LogP contribution in [0.5, 0.6) is 0 Å². The van der Waals surface area contributed by atoms with Crippen molar-refractivity contribution in [2.75, 3.05) is 0 Å². The molecule has 0 aromatic rings. The fraction of sp³-hybridized carbons (Fsp3) is 0.833. The molecule has 1 amide bonds. The van der Waals surface area contributed by atoms with Crippen LogP contribution >= 0.6 is 0 Å². The fourth-order valence-corrected chi connectivity index (χ4v) is 1.96. The minimum atomic E-state index is -0.491. The fourth-order valence-electron chi connectivity index (χ4n) is 1.96. The summed E-state index contributed by atoms with van der Waals surface area (Å²) in [6.07, 6.45) is 4.38. The first kappa shape index (κ1) is 13.0. The van der Waals surface area contributed by atoms with Crippen molar-refractivity contribution in [3.8, 4) is 0 Å². The smallest absolute Gasteiger partial charge is 0.407 e. The van der Waals surface area contributed by atoms with Crippen LogP contribution in [0, 0.1) is 5.92 Å². The van der Waals surface area contributed by atoms with Gasteiger partial charge in [0.1, 0.15) is 11.9 Å². The second-order valence-corrected chi connectivity index (χ2v) is 5.34. The molecule has 2 atom stereocenters. The van der Waals surface area contributed by atoms with Gasteiger partial charge in [0.15, 0.2) is 0 Å². The van der Waals surface area contributed by atoms with E-state index in [4.69, 9.17) is 4.74 Å². The number of amides is 1. The predicted molar refractivity (Wildman–Crippen MR) is 61.2 cm³/mol. The van der Waals surface area contributed by atoms with E-state index in [0.717, 1.165) is 32.0 Å². The molecule has 92 valence electrons. The largest absolute Gasteiger partial charge is 0.444 e. The minimum Gasteiger partial charge on any atom is -0.444 e. The molecule has 0 saturated heterocycles. The van der Waals surface area contributed by atoms with Gasteiger partial charge in [0.25, 0.3) is 0 Å². The third-order valence-electron chi connectivity index (χ3n) is 2.70. The lowest BCUT2D eigenvalue weighted by Gasteiger charge is -2.29. The molecule has 0 heterocycles. The lowest BCUT2D eigenvalue weighted by molar-refractivity contribution is -0.112. The molecular weight excluding hydrogens is 206 g/mol. The summed E-state index contributed by atoms with van der Waals surface area (Å²) in [5.74, 6) is -0.0544. The number of alkyl carbamates (subject to hydrolysis) is 1.